The molecule has 0 spiro atoms. The Hall–Kier alpha value is -1.04. The van der Waals surface area contributed by atoms with E-state index in [0.29, 0.717) is 0 Å². The Labute approximate surface area is 175 Å². The van der Waals surface area contributed by atoms with Crippen molar-refractivity contribution in [2.75, 3.05) is 0 Å². The van der Waals surface area contributed by atoms with Gasteiger partial charge in [-0.2, -0.15) is 0 Å². The van der Waals surface area contributed by atoms with Crippen LogP contribution in [-0.2, 0) is 12.8 Å². The first-order valence-electron chi connectivity index (χ1n) is 12.5. The fourth-order valence-corrected chi connectivity index (χ4v) is 5.66. The monoisotopic (exact) mass is 380 g/mol. The molecule has 0 N–H and O–H groups in total. The van der Waals surface area contributed by atoms with Gasteiger partial charge >= 0.3 is 0 Å². The topological polar surface area (TPSA) is 0 Å². The number of hydrogen-bond acceptors (Lipinski definition) is 0. The average Bonchev–Trinajstić information content (AvgIpc) is 2.75. The van der Waals surface area contributed by atoms with E-state index in [1.807, 2.05) is 0 Å². The second-order valence-corrected chi connectivity index (χ2v) is 9.74. The molecule has 156 valence electrons. The summed E-state index contributed by atoms with van der Waals surface area (Å²) in [6.45, 7) is 4.58. The molecule has 2 aliphatic rings. The number of hydrogen-bond donors (Lipinski definition) is 0. The third-order valence-corrected chi connectivity index (χ3v) is 7.62. The van der Waals surface area contributed by atoms with Crippen LogP contribution in [0, 0.1) is 17.8 Å². The Morgan fingerprint density at radius 2 is 1.43 bits per heavy atom. The van der Waals surface area contributed by atoms with Crippen LogP contribution in [0.5, 0.6) is 0 Å². The molecule has 28 heavy (non-hydrogen) atoms. The maximum absolute atomic E-state index is 2.63. The van der Waals surface area contributed by atoms with E-state index in [4.69, 9.17) is 0 Å². The highest BCUT2D eigenvalue weighted by Crippen LogP contribution is 2.41. The zero-order valence-electron chi connectivity index (χ0n) is 18.7. The number of benzene rings is 1. The lowest BCUT2D eigenvalue weighted by Crippen LogP contribution is -2.23. The minimum Gasteiger partial charge on any atom is -0.0850 e. The van der Waals surface area contributed by atoms with Gasteiger partial charge in [-0.05, 0) is 80.2 Å². The number of allylic oxidation sites excluding steroid dienone is 2. The summed E-state index contributed by atoms with van der Waals surface area (Å²) in [7, 11) is 0. The van der Waals surface area contributed by atoms with Gasteiger partial charge in [0.2, 0.25) is 0 Å². The van der Waals surface area contributed by atoms with Gasteiger partial charge in [-0.3, -0.25) is 0 Å². The molecular weight excluding hydrogens is 336 g/mol. The Kier molecular flexibility index (Phi) is 9.16. The second kappa shape index (κ2) is 11.8. The lowest BCUT2D eigenvalue weighted by molar-refractivity contribution is 0.185. The van der Waals surface area contributed by atoms with Crippen LogP contribution in [0.25, 0.3) is 0 Å². The van der Waals surface area contributed by atoms with Gasteiger partial charge < -0.3 is 0 Å². The molecule has 0 bridgehead atoms. The van der Waals surface area contributed by atoms with E-state index in [-0.39, 0.29) is 0 Å². The number of aryl methyl sites for hydroxylation is 2. The molecule has 0 saturated heterocycles. The summed E-state index contributed by atoms with van der Waals surface area (Å²) >= 11 is 0. The molecule has 1 saturated carbocycles. The highest BCUT2D eigenvalue weighted by atomic mass is 14.3. The Bertz CT molecular complexity index is 571. The molecule has 0 heteroatoms. The van der Waals surface area contributed by atoms with Crippen LogP contribution in [0.2, 0.25) is 0 Å². The smallest absolute Gasteiger partial charge is 0.0241 e. The normalized spacial score (nSPS) is 25.5. The van der Waals surface area contributed by atoms with Gasteiger partial charge in [0.15, 0.2) is 0 Å². The first-order chi connectivity index (χ1) is 13.8. The van der Waals surface area contributed by atoms with Crippen molar-refractivity contribution < 1.29 is 0 Å². The summed E-state index contributed by atoms with van der Waals surface area (Å²) in [4.78, 5) is 0. The van der Waals surface area contributed by atoms with Gasteiger partial charge in [-0.15, -0.1) is 0 Å². The maximum atomic E-state index is 2.63. The van der Waals surface area contributed by atoms with Crippen LogP contribution in [-0.4, -0.2) is 0 Å². The first-order valence-corrected chi connectivity index (χ1v) is 12.5. The number of unbranched alkanes of at least 4 members (excludes halogenated alkanes) is 2. The Morgan fingerprint density at radius 3 is 2.04 bits per heavy atom. The molecule has 2 aliphatic carbocycles. The van der Waals surface area contributed by atoms with E-state index in [1.54, 1.807) is 5.57 Å². The van der Waals surface area contributed by atoms with E-state index in [1.165, 1.54) is 107 Å². The first kappa shape index (κ1) is 21.7. The molecular formula is C28H44. The van der Waals surface area contributed by atoms with Gasteiger partial charge in [0.1, 0.15) is 0 Å². The third kappa shape index (κ3) is 6.78. The number of rotatable bonds is 10. The van der Waals surface area contributed by atoms with Crippen molar-refractivity contribution in [2.24, 2.45) is 17.8 Å². The predicted molar refractivity (Wildman–Crippen MR) is 124 cm³/mol. The molecule has 1 unspecified atom stereocenters. The van der Waals surface area contributed by atoms with Gasteiger partial charge in [-0.25, -0.2) is 0 Å². The zero-order valence-corrected chi connectivity index (χ0v) is 18.7. The van der Waals surface area contributed by atoms with E-state index in [9.17, 15) is 0 Å². The van der Waals surface area contributed by atoms with Gasteiger partial charge in [0.25, 0.3) is 0 Å². The van der Waals surface area contributed by atoms with Crippen molar-refractivity contribution in [1.29, 1.82) is 0 Å². The highest BCUT2D eigenvalue weighted by Gasteiger charge is 2.28. The minimum absolute atomic E-state index is 0.994. The van der Waals surface area contributed by atoms with Crippen molar-refractivity contribution in [2.45, 2.75) is 110 Å². The standard InChI is InChI=1S/C28H44/c1-3-5-6-8-24-15-19-27(20-16-24)28-21-17-26(18-22-28)14-13-25-11-9-23(7-4-2)10-12-25/h9-12,17,24,27-28H,3-8,13-16,18-22H2,1-2H3/t24-,27-,28?. The molecule has 1 aromatic carbocycles. The Balaban J connectivity index is 1.36. The molecule has 0 aromatic heterocycles. The van der Waals surface area contributed by atoms with Crippen LogP contribution in [0.1, 0.15) is 108 Å². The van der Waals surface area contributed by atoms with Gasteiger partial charge in [0, 0.05) is 0 Å². The summed E-state index contributed by atoms with van der Waals surface area (Å²) in [5, 5.41) is 0. The lowest BCUT2D eigenvalue weighted by atomic mass is 9.70. The summed E-state index contributed by atoms with van der Waals surface area (Å²) in [6, 6.07) is 9.39. The molecule has 0 nitrogen and oxygen atoms in total. The van der Waals surface area contributed by atoms with E-state index in [0.717, 1.165) is 17.8 Å². The fourth-order valence-electron chi connectivity index (χ4n) is 5.66. The fraction of sp³-hybridized carbons (Fsp3) is 0.714. The quantitative estimate of drug-likeness (QED) is 0.281. The van der Waals surface area contributed by atoms with Crippen LogP contribution in [0.3, 0.4) is 0 Å². The Morgan fingerprint density at radius 1 is 0.714 bits per heavy atom. The van der Waals surface area contributed by atoms with E-state index >= 15 is 0 Å². The summed E-state index contributed by atoms with van der Waals surface area (Å²) in [5.41, 5.74) is 4.75. The lowest BCUT2D eigenvalue weighted by Gasteiger charge is -2.35. The summed E-state index contributed by atoms with van der Waals surface area (Å²) in [5.74, 6) is 3.08. The van der Waals surface area contributed by atoms with Crippen LogP contribution in [0.15, 0.2) is 35.9 Å². The van der Waals surface area contributed by atoms with Crippen molar-refractivity contribution in [1.82, 2.24) is 0 Å². The maximum Gasteiger partial charge on any atom is -0.0241 e. The average molecular weight is 381 g/mol. The third-order valence-electron chi connectivity index (χ3n) is 7.62. The second-order valence-electron chi connectivity index (χ2n) is 9.74. The predicted octanol–water partition coefficient (Wildman–Crippen LogP) is 8.68. The molecule has 0 radical (unpaired) electrons. The minimum atomic E-state index is 0.994. The van der Waals surface area contributed by atoms with Crippen LogP contribution in [0.4, 0.5) is 0 Å². The van der Waals surface area contributed by atoms with E-state index in [2.05, 4.69) is 44.2 Å². The highest BCUT2D eigenvalue weighted by molar-refractivity contribution is 5.23. The molecule has 1 atom stereocenters. The van der Waals surface area contributed by atoms with Crippen LogP contribution < -0.4 is 0 Å². The van der Waals surface area contributed by atoms with E-state index < -0.39 is 0 Å². The van der Waals surface area contributed by atoms with Crippen molar-refractivity contribution >= 4 is 0 Å². The van der Waals surface area contributed by atoms with Crippen molar-refractivity contribution in [3.63, 3.8) is 0 Å². The summed E-state index contributed by atoms with van der Waals surface area (Å²) < 4.78 is 0. The largest absolute Gasteiger partial charge is 0.0850 e. The van der Waals surface area contributed by atoms with Gasteiger partial charge in [-0.1, -0.05) is 94.7 Å². The molecule has 3 rings (SSSR count). The molecule has 0 amide bonds. The van der Waals surface area contributed by atoms with Gasteiger partial charge in [0.05, 0.1) is 0 Å². The SMILES string of the molecule is CCCCC[C@H]1CC[C@H](C2CC=C(CCc3ccc(CCC)cc3)CC2)CC1. The molecule has 0 heterocycles. The summed E-state index contributed by atoms with van der Waals surface area (Å²) in [6.07, 6.45) is 23.7. The van der Waals surface area contributed by atoms with Crippen molar-refractivity contribution in [3.8, 4) is 0 Å². The molecule has 0 aliphatic heterocycles. The van der Waals surface area contributed by atoms with Crippen LogP contribution >= 0.6 is 0 Å². The molecule has 1 aromatic rings. The van der Waals surface area contributed by atoms with Crippen molar-refractivity contribution in [3.05, 3.63) is 47.0 Å². The molecule has 1 fully saturated rings. The zero-order chi connectivity index (χ0) is 19.6.